The number of hydrogen-bond acceptors (Lipinski definition) is 3. The predicted molar refractivity (Wildman–Crippen MR) is 80.8 cm³/mol. The van der Waals surface area contributed by atoms with E-state index in [-0.39, 0.29) is 12.5 Å². The Morgan fingerprint density at radius 1 is 1.20 bits per heavy atom. The Kier molecular flexibility index (Phi) is 4.38. The minimum absolute atomic E-state index is 0.117. The smallest absolute Gasteiger partial charge is 0.257 e. The number of aliphatic hydroxyl groups excluding tert-OH is 1. The summed E-state index contributed by atoms with van der Waals surface area (Å²) in [5.41, 5.74) is 9.54. The van der Waals surface area contributed by atoms with Crippen LogP contribution >= 0.6 is 0 Å². The Balaban J connectivity index is 2.11. The fourth-order valence-electron chi connectivity index (χ4n) is 1.97. The van der Waals surface area contributed by atoms with Crippen molar-refractivity contribution in [3.8, 4) is 0 Å². The molecule has 4 N–H and O–H groups in total. The van der Waals surface area contributed by atoms with Crippen molar-refractivity contribution in [3.05, 3.63) is 59.2 Å². The fourth-order valence-corrected chi connectivity index (χ4v) is 1.97. The van der Waals surface area contributed by atoms with Crippen LogP contribution < -0.4 is 11.1 Å². The maximum absolute atomic E-state index is 12.1. The number of amides is 1. The molecule has 4 nitrogen and oxygen atoms in total. The van der Waals surface area contributed by atoms with E-state index >= 15 is 0 Å². The lowest BCUT2D eigenvalue weighted by molar-refractivity contribution is 0.102. The van der Waals surface area contributed by atoms with Crippen molar-refractivity contribution >= 4 is 17.3 Å². The van der Waals surface area contributed by atoms with Gasteiger partial charge in [-0.25, -0.2) is 0 Å². The van der Waals surface area contributed by atoms with Crippen molar-refractivity contribution in [2.75, 3.05) is 17.7 Å². The van der Waals surface area contributed by atoms with Crippen LogP contribution in [0.5, 0.6) is 0 Å². The number of aliphatic hydroxyl groups is 1. The van der Waals surface area contributed by atoms with Crippen LogP contribution in [0, 0.1) is 6.92 Å². The molecule has 0 fully saturated rings. The van der Waals surface area contributed by atoms with Crippen molar-refractivity contribution in [1.82, 2.24) is 0 Å². The van der Waals surface area contributed by atoms with E-state index in [9.17, 15) is 4.79 Å². The zero-order chi connectivity index (χ0) is 14.5. The summed E-state index contributed by atoms with van der Waals surface area (Å²) in [6.07, 6.45) is 0.610. The fraction of sp³-hybridized carbons (Fsp3) is 0.188. The Hall–Kier alpha value is -2.33. The van der Waals surface area contributed by atoms with Gasteiger partial charge in [0.15, 0.2) is 0 Å². The van der Waals surface area contributed by atoms with Gasteiger partial charge in [-0.1, -0.05) is 18.2 Å². The van der Waals surface area contributed by atoms with E-state index in [2.05, 4.69) is 5.32 Å². The quantitative estimate of drug-likeness (QED) is 0.747. The van der Waals surface area contributed by atoms with Crippen molar-refractivity contribution in [1.29, 1.82) is 0 Å². The van der Waals surface area contributed by atoms with Crippen LogP contribution in [0.1, 0.15) is 21.5 Å². The molecule has 0 aliphatic heterocycles. The average Bonchev–Trinajstić information content (AvgIpc) is 2.41. The second kappa shape index (κ2) is 6.21. The molecule has 2 aromatic carbocycles. The number of hydrogen-bond donors (Lipinski definition) is 3. The highest BCUT2D eigenvalue weighted by Gasteiger charge is 2.09. The van der Waals surface area contributed by atoms with E-state index in [4.69, 9.17) is 10.8 Å². The van der Waals surface area contributed by atoms with Gasteiger partial charge in [0.2, 0.25) is 0 Å². The van der Waals surface area contributed by atoms with E-state index in [1.165, 1.54) is 0 Å². The Morgan fingerprint density at radius 3 is 2.50 bits per heavy atom. The molecular formula is C16H18N2O2. The molecule has 0 radical (unpaired) electrons. The normalized spacial score (nSPS) is 10.3. The highest BCUT2D eigenvalue weighted by atomic mass is 16.2. The van der Waals surface area contributed by atoms with Crippen LogP contribution in [0.15, 0.2) is 42.5 Å². The first-order valence-electron chi connectivity index (χ1n) is 6.47. The zero-order valence-electron chi connectivity index (χ0n) is 11.4. The topological polar surface area (TPSA) is 75.3 Å². The second-order valence-electron chi connectivity index (χ2n) is 4.72. The van der Waals surface area contributed by atoms with E-state index in [0.717, 1.165) is 11.1 Å². The molecule has 0 heterocycles. The number of benzene rings is 2. The van der Waals surface area contributed by atoms with Crippen LogP contribution in [-0.2, 0) is 6.42 Å². The first kappa shape index (κ1) is 14.1. The van der Waals surface area contributed by atoms with E-state index in [0.29, 0.717) is 23.4 Å². The SMILES string of the molecule is Cc1ccc(C(=O)Nc2ccc(CCO)cc2)c(N)c1. The van der Waals surface area contributed by atoms with Gasteiger partial charge < -0.3 is 16.2 Å². The molecule has 0 unspecified atom stereocenters. The number of nitrogens with one attached hydrogen (secondary N) is 1. The summed E-state index contributed by atoms with van der Waals surface area (Å²) in [5.74, 6) is -0.225. The number of rotatable bonds is 4. The van der Waals surface area contributed by atoms with Crippen molar-refractivity contribution in [2.24, 2.45) is 0 Å². The standard InChI is InChI=1S/C16H18N2O2/c1-11-2-7-14(15(17)10-11)16(20)18-13-5-3-12(4-6-13)8-9-19/h2-7,10,19H,8-9,17H2,1H3,(H,18,20). The maximum Gasteiger partial charge on any atom is 0.257 e. The molecule has 4 heteroatoms. The number of nitrogen functional groups attached to an aromatic ring is 1. The molecule has 2 aromatic rings. The monoisotopic (exact) mass is 270 g/mol. The molecule has 0 aliphatic rings. The van der Waals surface area contributed by atoms with E-state index < -0.39 is 0 Å². The Morgan fingerprint density at radius 2 is 1.90 bits per heavy atom. The molecule has 0 atom stereocenters. The lowest BCUT2D eigenvalue weighted by Crippen LogP contribution is -2.14. The summed E-state index contributed by atoms with van der Waals surface area (Å²) in [4.78, 5) is 12.1. The third-order valence-corrected chi connectivity index (χ3v) is 3.06. The summed E-state index contributed by atoms with van der Waals surface area (Å²) in [6, 6.07) is 12.7. The molecule has 0 aromatic heterocycles. The summed E-state index contributed by atoms with van der Waals surface area (Å²) in [7, 11) is 0. The zero-order valence-corrected chi connectivity index (χ0v) is 11.4. The average molecular weight is 270 g/mol. The van der Waals surface area contributed by atoms with Crippen LogP contribution in [0.4, 0.5) is 11.4 Å². The third kappa shape index (κ3) is 3.36. The number of anilines is 2. The van der Waals surface area contributed by atoms with Crippen molar-refractivity contribution in [2.45, 2.75) is 13.3 Å². The minimum Gasteiger partial charge on any atom is -0.398 e. The van der Waals surface area contributed by atoms with E-state index in [1.54, 1.807) is 12.1 Å². The van der Waals surface area contributed by atoms with Gasteiger partial charge >= 0.3 is 0 Å². The van der Waals surface area contributed by atoms with Crippen molar-refractivity contribution in [3.63, 3.8) is 0 Å². The minimum atomic E-state index is -0.225. The third-order valence-electron chi connectivity index (χ3n) is 3.06. The van der Waals surface area contributed by atoms with Gasteiger partial charge in [-0.15, -0.1) is 0 Å². The largest absolute Gasteiger partial charge is 0.398 e. The first-order valence-corrected chi connectivity index (χ1v) is 6.47. The number of aryl methyl sites for hydroxylation is 1. The van der Waals surface area contributed by atoms with E-state index in [1.807, 2.05) is 37.3 Å². The summed E-state index contributed by atoms with van der Waals surface area (Å²) in [5, 5.41) is 11.7. The summed E-state index contributed by atoms with van der Waals surface area (Å²) in [6.45, 7) is 2.05. The molecule has 0 saturated heterocycles. The van der Waals surface area contributed by atoms with Gasteiger partial charge in [0, 0.05) is 18.0 Å². The van der Waals surface area contributed by atoms with Crippen LogP contribution in [0.3, 0.4) is 0 Å². The molecule has 2 rings (SSSR count). The van der Waals surface area contributed by atoms with Crippen LogP contribution in [-0.4, -0.2) is 17.6 Å². The molecule has 104 valence electrons. The van der Waals surface area contributed by atoms with Gasteiger partial charge in [0.05, 0.1) is 5.56 Å². The molecule has 1 amide bonds. The highest BCUT2D eigenvalue weighted by Crippen LogP contribution is 2.17. The van der Waals surface area contributed by atoms with Crippen molar-refractivity contribution < 1.29 is 9.90 Å². The number of carbonyl (C=O) groups excluding carboxylic acids is 1. The van der Waals surface area contributed by atoms with Gasteiger partial charge in [0.25, 0.3) is 5.91 Å². The van der Waals surface area contributed by atoms with Gasteiger partial charge in [-0.2, -0.15) is 0 Å². The van der Waals surface area contributed by atoms with Gasteiger partial charge in [0.1, 0.15) is 0 Å². The molecule has 0 spiro atoms. The maximum atomic E-state index is 12.1. The number of nitrogens with two attached hydrogens (primary N) is 1. The lowest BCUT2D eigenvalue weighted by Gasteiger charge is -2.09. The van der Waals surface area contributed by atoms with Gasteiger partial charge in [-0.3, -0.25) is 4.79 Å². The number of carbonyl (C=O) groups is 1. The molecule has 0 aliphatic carbocycles. The lowest BCUT2D eigenvalue weighted by atomic mass is 10.1. The first-order chi connectivity index (χ1) is 9.60. The van der Waals surface area contributed by atoms with Crippen LogP contribution in [0.25, 0.3) is 0 Å². The van der Waals surface area contributed by atoms with Gasteiger partial charge in [-0.05, 0) is 48.7 Å². The summed E-state index contributed by atoms with van der Waals surface area (Å²) < 4.78 is 0. The highest BCUT2D eigenvalue weighted by molar-refractivity contribution is 6.07. The Labute approximate surface area is 118 Å². The second-order valence-corrected chi connectivity index (χ2v) is 4.72. The molecule has 20 heavy (non-hydrogen) atoms. The molecular weight excluding hydrogens is 252 g/mol. The predicted octanol–water partition coefficient (Wildman–Crippen LogP) is 2.36. The molecule has 0 saturated carbocycles. The Bertz CT molecular complexity index is 606. The van der Waals surface area contributed by atoms with Crippen LogP contribution in [0.2, 0.25) is 0 Å². The molecule has 0 bridgehead atoms. The summed E-state index contributed by atoms with van der Waals surface area (Å²) >= 11 is 0.